The Morgan fingerprint density at radius 2 is 1.86 bits per heavy atom. The highest BCUT2D eigenvalue weighted by molar-refractivity contribution is 6.08. The number of phenols is 1. The summed E-state index contributed by atoms with van der Waals surface area (Å²) >= 11 is 0. The number of benzene rings is 2. The van der Waals surface area contributed by atoms with Crippen molar-refractivity contribution >= 4 is 16.9 Å². The highest BCUT2D eigenvalue weighted by Crippen LogP contribution is 2.35. The lowest BCUT2D eigenvalue weighted by Gasteiger charge is -2.02. The second-order valence-corrected chi connectivity index (χ2v) is 4.52. The maximum absolute atomic E-state index is 11.5. The van der Waals surface area contributed by atoms with Crippen molar-refractivity contribution in [2.75, 3.05) is 7.11 Å². The van der Waals surface area contributed by atoms with Crippen molar-refractivity contribution < 1.29 is 24.2 Å². The number of hydrogen-bond acceptors (Lipinski definition) is 4. The molecule has 0 bridgehead atoms. The van der Waals surface area contributed by atoms with E-state index in [9.17, 15) is 15.0 Å². The summed E-state index contributed by atoms with van der Waals surface area (Å²) in [4.78, 5) is 11.5. The molecule has 3 aromatic rings. The molecule has 21 heavy (non-hydrogen) atoms. The molecular formula is C16H12O5. The number of rotatable bonds is 3. The lowest BCUT2D eigenvalue weighted by Crippen LogP contribution is -1.97. The number of carboxylic acids is 1. The Hall–Kier alpha value is -2.95. The number of methoxy groups -OCH3 is 1. The van der Waals surface area contributed by atoms with Crippen LogP contribution in [0.1, 0.15) is 10.4 Å². The standard InChI is InChI=1S/C16H12O5/c1-20-11-5-2-9(3-6-11)15-14(16(18)19)12-7-4-10(17)8-13(12)21-15/h2-8,17H,1H3,(H,18,19). The van der Waals surface area contributed by atoms with Gasteiger partial charge in [0, 0.05) is 17.0 Å². The average molecular weight is 284 g/mol. The zero-order chi connectivity index (χ0) is 15.0. The Bertz CT molecular complexity index is 815. The Morgan fingerprint density at radius 1 is 1.14 bits per heavy atom. The maximum atomic E-state index is 11.5. The van der Waals surface area contributed by atoms with Gasteiger partial charge in [-0.2, -0.15) is 0 Å². The maximum Gasteiger partial charge on any atom is 0.340 e. The molecule has 5 heteroatoms. The fraction of sp³-hybridized carbons (Fsp3) is 0.0625. The Balaban J connectivity index is 2.24. The Morgan fingerprint density at radius 3 is 2.48 bits per heavy atom. The molecule has 3 rings (SSSR count). The van der Waals surface area contributed by atoms with Gasteiger partial charge in [-0.05, 0) is 36.4 Å². The van der Waals surface area contributed by atoms with E-state index in [-0.39, 0.29) is 17.1 Å². The summed E-state index contributed by atoms with van der Waals surface area (Å²) in [6.45, 7) is 0. The van der Waals surface area contributed by atoms with Crippen molar-refractivity contribution in [3.05, 3.63) is 48.0 Å². The third kappa shape index (κ3) is 2.18. The molecule has 0 aliphatic carbocycles. The van der Waals surface area contributed by atoms with Crippen molar-refractivity contribution in [2.45, 2.75) is 0 Å². The summed E-state index contributed by atoms with van der Waals surface area (Å²) < 4.78 is 10.7. The van der Waals surface area contributed by atoms with Crippen LogP contribution in [-0.4, -0.2) is 23.3 Å². The van der Waals surface area contributed by atoms with Crippen LogP contribution in [0.5, 0.6) is 11.5 Å². The number of aromatic carboxylic acids is 1. The molecule has 2 N–H and O–H groups in total. The van der Waals surface area contributed by atoms with Gasteiger partial charge in [-0.3, -0.25) is 0 Å². The van der Waals surface area contributed by atoms with Gasteiger partial charge in [0.15, 0.2) is 0 Å². The topological polar surface area (TPSA) is 79.9 Å². The lowest BCUT2D eigenvalue weighted by atomic mass is 10.1. The molecule has 0 fully saturated rings. The van der Waals surface area contributed by atoms with E-state index in [1.807, 2.05) is 0 Å². The second kappa shape index (κ2) is 4.86. The first-order chi connectivity index (χ1) is 10.1. The predicted octanol–water partition coefficient (Wildman–Crippen LogP) is 3.51. The molecule has 0 saturated heterocycles. The van der Waals surface area contributed by atoms with Gasteiger partial charge >= 0.3 is 5.97 Å². The molecule has 2 aromatic carbocycles. The van der Waals surface area contributed by atoms with Gasteiger partial charge in [0.25, 0.3) is 0 Å². The van der Waals surface area contributed by atoms with Gasteiger partial charge in [0.1, 0.15) is 28.4 Å². The number of ether oxygens (including phenoxy) is 1. The molecule has 0 atom stereocenters. The van der Waals surface area contributed by atoms with E-state index < -0.39 is 5.97 Å². The first kappa shape index (κ1) is 13.1. The van der Waals surface area contributed by atoms with Crippen LogP contribution in [0.15, 0.2) is 46.9 Å². The lowest BCUT2D eigenvalue weighted by molar-refractivity contribution is 0.0699. The monoisotopic (exact) mass is 284 g/mol. The summed E-state index contributed by atoms with van der Waals surface area (Å²) in [7, 11) is 1.56. The molecule has 0 unspecified atom stereocenters. The van der Waals surface area contributed by atoms with Crippen LogP contribution in [0.3, 0.4) is 0 Å². The minimum absolute atomic E-state index is 0.0227. The molecule has 0 saturated carbocycles. The summed E-state index contributed by atoms with van der Waals surface area (Å²) in [5.74, 6) is -0.130. The molecule has 0 aliphatic rings. The third-order valence-corrected chi connectivity index (χ3v) is 3.24. The van der Waals surface area contributed by atoms with Gasteiger partial charge < -0.3 is 19.4 Å². The van der Waals surface area contributed by atoms with E-state index in [1.54, 1.807) is 31.4 Å². The molecule has 0 spiro atoms. The van der Waals surface area contributed by atoms with Gasteiger partial charge in [-0.15, -0.1) is 0 Å². The number of furan rings is 1. The van der Waals surface area contributed by atoms with Gasteiger partial charge in [-0.25, -0.2) is 4.79 Å². The summed E-state index contributed by atoms with van der Waals surface area (Å²) in [5.41, 5.74) is 1.04. The summed E-state index contributed by atoms with van der Waals surface area (Å²) in [6, 6.07) is 11.3. The SMILES string of the molecule is COc1ccc(-c2oc3cc(O)ccc3c2C(=O)O)cc1. The summed E-state index contributed by atoms with van der Waals surface area (Å²) in [6.07, 6.45) is 0. The normalized spacial score (nSPS) is 10.7. The van der Waals surface area contributed by atoms with Crippen LogP contribution in [0.2, 0.25) is 0 Å². The molecule has 106 valence electrons. The van der Waals surface area contributed by atoms with Crippen molar-refractivity contribution in [3.63, 3.8) is 0 Å². The van der Waals surface area contributed by atoms with Crippen LogP contribution >= 0.6 is 0 Å². The zero-order valence-corrected chi connectivity index (χ0v) is 11.2. The minimum Gasteiger partial charge on any atom is -0.508 e. The number of phenolic OH excluding ortho intramolecular Hbond substituents is 1. The van der Waals surface area contributed by atoms with E-state index in [0.29, 0.717) is 22.3 Å². The largest absolute Gasteiger partial charge is 0.508 e. The van der Waals surface area contributed by atoms with Crippen LogP contribution in [0, 0.1) is 0 Å². The third-order valence-electron chi connectivity index (χ3n) is 3.24. The zero-order valence-electron chi connectivity index (χ0n) is 11.2. The molecule has 5 nitrogen and oxygen atoms in total. The van der Waals surface area contributed by atoms with Crippen LogP contribution < -0.4 is 4.74 Å². The van der Waals surface area contributed by atoms with Crippen molar-refractivity contribution in [2.24, 2.45) is 0 Å². The van der Waals surface area contributed by atoms with Crippen molar-refractivity contribution in [3.8, 4) is 22.8 Å². The first-order valence-corrected chi connectivity index (χ1v) is 6.23. The van der Waals surface area contributed by atoms with Crippen molar-refractivity contribution in [1.82, 2.24) is 0 Å². The first-order valence-electron chi connectivity index (χ1n) is 6.23. The van der Waals surface area contributed by atoms with Crippen LogP contribution in [0.25, 0.3) is 22.3 Å². The quantitative estimate of drug-likeness (QED) is 0.769. The fourth-order valence-corrected chi connectivity index (χ4v) is 2.24. The molecule has 1 aromatic heterocycles. The predicted molar refractivity (Wildman–Crippen MR) is 76.8 cm³/mol. The number of carboxylic acid groups (broad SMARTS) is 1. The number of aromatic hydroxyl groups is 1. The van der Waals surface area contributed by atoms with E-state index in [4.69, 9.17) is 9.15 Å². The second-order valence-electron chi connectivity index (χ2n) is 4.52. The molecule has 0 radical (unpaired) electrons. The fourth-order valence-electron chi connectivity index (χ4n) is 2.24. The summed E-state index contributed by atoms with van der Waals surface area (Å²) in [5, 5.41) is 19.4. The smallest absolute Gasteiger partial charge is 0.340 e. The van der Waals surface area contributed by atoms with Gasteiger partial charge in [-0.1, -0.05) is 0 Å². The molecule has 0 aliphatic heterocycles. The van der Waals surface area contributed by atoms with E-state index in [1.165, 1.54) is 18.2 Å². The number of hydrogen-bond donors (Lipinski definition) is 2. The molecular weight excluding hydrogens is 272 g/mol. The Labute approximate surface area is 120 Å². The van der Waals surface area contributed by atoms with E-state index in [2.05, 4.69) is 0 Å². The van der Waals surface area contributed by atoms with Gasteiger partial charge in [0.2, 0.25) is 0 Å². The van der Waals surface area contributed by atoms with Gasteiger partial charge in [0.05, 0.1) is 7.11 Å². The average Bonchev–Trinajstić information content (AvgIpc) is 2.85. The highest BCUT2D eigenvalue weighted by atomic mass is 16.5. The minimum atomic E-state index is -1.08. The molecule has 0 amide bonds. The van der Waals surface area contributed by atoms with E-state index >= 15 is 0 Å². The number of carbonyl (C=O) groups is 1. The Kier molecular flexibility index (Phi) is 3.02. The number of fused-ring (bicyclic) bond motifs is 1. The van der Waals surface area contributed by atoms with Crippen LogP contribution in [-0.2, 0) is 0 Å². The van der Waals surface area contributed by atoms with E-state index in [0.717, 1.165) is 0 Å². The van der Waals surface area contributed by atoms with Crippen LogP contribution in [0.4, 0.5) is 0 Å². The van der Waals surface area contributed by atoms with Crippen molar-refractivity contribution in [1.29, 1.82) is 0 Å². The molecule has 1 heterocycles. The highest BCUT2D eigenvalue weighted by Gasteiger charge is 2.21.